The average molecular weight is 429 g/mol. The molecule has 32 heavy (non-hydrogen) atoms. The normalized spacial score (nSPS) is 19.2. The third-order valence-corrected chi connectivity index (χ3v) is 6.12. The highest BCUT2D eigenvalue weighted by atomic mass is 16.5. The lowest BCUT2D eigenvalue weighted by molar-refractivity contribution is -0.361. The SMILES string of the molecule is CC(C)(C)c1ccc2c(c1)OC1=CC(NCCO)=C3C(=O)c4ccccc4C(=O)C3C1=[NH+]2. The number of ether oxygens (including phenoxy) is 1. The minimum absolute atomic E-state index is 0.0420. The molecule has 0 radical (unpaired) electrons. The van der Waals surface area contributed by atoms with Crippen LogP contribution in [0.15, 0.2) is 65.6 Å². The number of aliphatic hydroxyl groups excluding tert-OH is 1. The number of hydrogen-bond acceptors (Lipinski definition) is 5. The van der Waals surface area contributed by atoms with Gasteiger partial charge in [0.1, 0.15) is 5.92 Å². The molecule has 2 aromatic carbocycles. The van der Waals surface area contributed by atoms with Crippen LogP contribution >= 0.6 is 0 Å². The average Bonchev–Trinajstić information content (AvgIpc) is 2.78. The Bertz CT molecular complexity index is 1260. The summed E-state index contributed by atoms with van der Waals surface area (Å²) in [5.41, 5.74) is 4.12. The minimum Gasteiger partial charge on any atom is -0.444 e. The van der Waals surface area contributed by atoms with Crippen LogP contribution in [0, 0.1) is 5.92 Å². The van der Waals surface area contributed by atoms with E-state index in [1.54, 1.807) is 30.3 Å². The van der Waals surface area contributed by atoms with Crippen molar-refractivity contribution in [1.29, 1.82) is 0 Å². The molecule has 0 fully saturated rings. The molecule has 0 spiro atoms. The quantitative estimate of drug-likeness (QED) is 0.694. The van der Waals surface area contributed by atoms with Gasteiger partial charge in [-0.25, -0.2) is 4.99 Å². The smallest absolute Gasteiger partial charge is 0.246 e. The van der Waals surface area contributed by atoms with E-state index in [-0.39, 0.29) is 30.1 Å². The first-order chi connectivity index (χ1) is 15.3. The molecule has 5 rings (SSSR count). The molecule has 6 heteroatoms. The summed E-state index contributed by atoms with van der Waals surface area (Å²) in [6, 6.07) is 12.9. The summed E-state index contributed by atoms with van der Waals surface area (Å²) in [7, 11) is 0. The zero-order chi connectivity index (χ0) is 22.6. The topological polar surface area (TPSA) is 89.6 Å². The highest BCUT2D eigenvalue weighted by Crippen LogP contribution is 2.39. The summed E-state index contributed by atoms with van der Waals surface area (Å²) < 4.78 is 6.26. The fourth-order valence-electron chi connectivity index (χ4n) is 4.44. The van der Waals surface area contributed by atoms with Gasteiger partial charge in [-0.05, 0) is 17.0 Å². The zero-order valence-corrected chi connectivity index (χ0v) is 18.3. The number of hydrogen-bond donors (Lipinski definition) is 3. The van der Waals surface area contributed by atoms with Crippen molar-refractivity contribution < 1.29 is 24.4 Å². The van der Waals surface area contributed by atoms with Crippen molar-refractivity contribution in [2.45, 2.75) is 26.2 Å². The van der Waals surface area contributed by atoms with Crippen molar-refractivity contribution >= 4 is 23.0 Å². The van der Waals surface area contributed by atoms with Crippen molar-refractivity contribution in [3.8, 4) is 5.75 Å². The van der Waals surface area contributed by atoms with Crippen LogP contribution in [0.5, 0.6) is 5.75 Å². The van der Waals surface area contributed by atoms with E-state index >= 15 is 0 Å². The van der Waals surface area contributed by atoms with Crippen LogP contribution in [0.3, 0.4) is 0 Å². The molecule has 0 saturated heterocycles. The van der Waals surface area contributed by atoms with Crippen molar-refractivity contribution in [2.75, 3.05) is 13.2 Å². The van der Waals surface area contributed by atoms with E-state index in [2.05, 4.69) is 31.1 Å². The number of rotatable bonds is 3. The van der Waals surface area contributed by atoms with E-state index in [0.717, 1.165) is 11.3 Å². The first-order valence-corrected chi connectivity index (χ1v) is 10.7. The minimum atomic E-state index is -0.797. The fourth-order valence-corrected chi connectivity index (χ4v) is 4.44. The Morgan fingerprint density at radius 2 is 1.84 bits per heavy atom. The van der Waals surface area contributed by atoms with Crippen molar-refractivity contribution in [3.05, 3.63) is 82.3 Å². The molecule has 0 bridgehead atoms. The van der Waals surface area contributed by atoms with E-state index < -0.39 is 5.92 Å². The summed E-state index contributed by atoms with van der Waals surface area (Å²) >= 11 is 0. The second kappa shape index (κ2) is 7.28. The van der Waals surface area contributed by atoms with Crippen molar-refractivity contribution in [1.82, 2.24) is 5.32 Å². The third-order valence-electron chi connectivity index (χ3n) is 6.12. The van der Waals surface area contributed by atoms with Crippen LogP contribution in [0.25, 0.3) is 0 Å². The van der Waals surface area contributed by atoms with Gasteiger partial charge in [0.2, 0.25) is 11.4 Å². The van der Waals surface area contributed by atoms with Gasteiger partial charge in [0.05, 0.1) is 6.61 Å². The van der Waals surface area contributed by atoms with Gasteiger partial charge >= 0.3 is 0 Å². The van der Waals surface area contributed by atoms with Gasteiger partial charge in [0.15, 0.2) is 23.1 Å². The fraction of sp³-hybridized carbons (Fsp3) is 0.269. The van der Waals surface area contributed by atoms with Crippen LogP contribution in [-0.2, 0) is 5.41 Å². The van der Waals surface area contributed by atoms with Crippen LogP contribution < -0.4 is 15.0 Å². The Balaban J connectivity index is 1.69. The predicted octanol–water partition coefficient (Wildman–Crippen LogP) is 1.96. The summed E-state index contributed by atoms with van der Waals surface area (Å²) in [5, 5.41) is 12.4. The van der Waals surface area contributed by atoms with Gasteiger partial charge in [-0.1, -0.05) is 51.1 Å². The third kappa shape index (κ3) is 3.10. The molecule has 3 N–H and O–H groups in total. The molecule has 3 aliphatic rings. The van der Waals surface area contributed by atoms with Crippen LogP contribution in [0.2, 0.25) is 0 Å². The first kappa shape index (κ1) is 20.4. The van der Waals surface area contributed by atoms with Gasteiger partial charge in [-0.2, -0.15) is 0 Å². The van der Waals surface area contributed by atoms with E-state index in [0.29, 0.717) is 39.6 Å². The number of aliphatic hydroxyl groups is 1. The number of fused-ring (bicyclic) bond motifs is 5. The van der Waals surface area contributed by atoms with Crippen LogP contribution in [-0.4, -0.2) is 35.5 Å². The van der Waals surface area contributed by atoms with Crippen molar-refractivity contribution in [3.63, 3.8) is 0 Å². The number of carbonyl (C=O) groups is 2. The zero-order valence-electron chi connectivity index (χ0n) is 18.3. The number of allylic oxidation sites excluding steroid dienone is 3. The molecule has 0 amide bonds. The number of nitrogens with one attached hydrogen (secondary N) is 2. The highest BCUT2D eigenvalue weighted by Gasteiger charge is 2.49. The molecular formula is C26H25N2O4+. The number of benzene rings is 2. The Morgan fingerprint density at radius 1 is 1.09 bits per heavy atom. The highest BCUT2D eigenvalue weighted by molar-refractivity contribution is 6.32. The number of Topliss-reactive ketones (excluding diaryl/α,β-unsaturated/α-hetero) is 2. The second-order valence-corrected chi connectivity index (χ2v) is 9.26. The van der Waals surface area contributed by atoms with Crippen molar-refractivity contribution in [2.24, 2.45) is 5.92 Å². The Labute approximate surface area is 186 Å². The summed E-state index contributed by atoms with van der Waals surface area (Å²) in [6.07, 6.45) is 1.75. The summed E-state index contributed by atoms with van der Waals surface area (Å²) in [5.74, 6) is 0.0359. The summed E-state index contributed by atoms with van der Waals surface area (Å²) in [6.45, 7) is 6.57. The van der Waals surface area contributed by atoms with E-state index in [4.69, 9.17) is 4.74 Å². The maximum atomic E-state index is 13.6. The molecule has 2 aliphatic carbocycles. The van der Waals surface area contributed by atoms with E-state index in [9.17, 15) is 14.7 Å². The molecule has 6 nitrogen and oxygen atoms in total. The monoisotopic (exact) mass is 429 g/mol. The first-order valence-electron chi connectivity index (χ1n) is 10.7. The standard InChI is InChI=1S/C26H24N2O4/c1-26(2,3)14-8-9-17-19(12-14)32-20-13-18(27-10-11-29)21-22(23(20)28-17)25(31)16-7-5-4-6-15(16)24(21)30/h4-9,12-13,22,27,29H,10-11H2,1-3H3/p+1. The van der Waals surface area contributed by atoms with Gasteiger partial charge in [-0.3, -0.25) is 9.59 Å². The lowest BCUT2D eigenvalue weighted by Crippen LogP contribution is -2.72. The van der Waals surface area contributed by atoms with Gasteiger partial charge in [-0.15, -0.1) is 0 Å². The summed E-state index contributed by atoms with van der Waals surface area (Å²) in [4.78, 5) is 30.4. The maximum absolute atomic E-state index is 13.6. The molecule has 1 aliphatic heterocycles. The van der Waals surface area contributed by atoms with Gasteiger partial charge in [0.25, 0.3) is 0 Å². The predicted molar refractivity (Wildman–Crippen MR) is 120 cm³/mol. The lowest BCUT2D eigenvalue weighted by atomic mass is 9.72. The molecule has 1 unspecified atom stereocenters. The number of carbonyl (C=O) groups excluding carboxylic acids is 2. The molecular weight excluding hydrogens is 404 g/mol. The van der Waals surface area contributed by atoms with Gasteiger partial charge in [0, 0.05) is 41.1 Å². The Kier molecular flexibility index (Phi) is 4.64. The molecule has 0 aromatic heterocycles. The van der Waals surface area contributed by atoms with E-state index in [1.807, 2.05) is 18.2 Å². The second-order valence-electron chi connectivity index (χ2n) is 9.26. The Morgan fingerprint density at radius 3 is 2.56 bits per heavy atom. The lowest BCUT2D eigenvalue weighted by Gasteiger charge is -2.31. The molecule has 0 saturated carbocycles. The largest absolute Gasteiger partial charge is 0.444 e. The molecule has 1 heterocycles. The maximum Gasteiger partial charge on any atom is 0.246 e. The van der Waals surface area contributed by atoms with Gasteiger partial charge < -0.3 is 15.2 Å². The van der Waals surface area contributed by atoms with Crippen LogP contribution in [0.1, 0.15) is 47.1 Å². The number of ketones is 2. The Hall–Kier alpha value is -3.51. The molecule has 1 atom stereocenters. The van der Waals surface area contributed by atoms with Crippen LogP contribution in [0.4, 0.5) is 5.69 Å². The molecule has 2 aromatic rings. The van der Waals surface area contributed by atoms with E-state index in [1.165, 1.54) is 0 Å². The molecule has 162 valence electrons.